The molecule has 0 atom stereocenters. The molecule has 2 aromatic rings. The van der Waals surface area contributed by atoms with Crippen molar-refractivity contribution >= 4 is 28.9 Å². The van der Waals surface area contributed by atoms with E-state index >= 15 is 0 Å². The number of aryl methyl sites for hydroxylation is 1. The Labute approximate surface area is 131 Å². The number of hydrogen-bond donors (Lipinski definition) is 1. The van der Waals surface area contributed by atoms with E-state index in [1.54, 1.807) is 38.3 Å². The number of carbonyl (C=O) groups excluding carboxylic acids is 1. The number of hydrogen-bond acceptors (Lipinski definition) is 3. The lowest BCUT2D eigenvalue weighted by atomic mass is 10.1. The van der Waals surface area contributed by atoms with E-state index in [0.717, 1.165) is 11.3 Å². The van der Waals surface area contributed by atoms with Gasteiger partial charge in [0, 0.05) is 11.6 Å². The molecule has 6 heteroatoms. The van der Waals surface area contributed by atoms with Gasteiger partial charge in [0.05, 0.1) is 5.69 Å². The molecule has 0 fully saturated rings. The molecule has 1 aromatic carbocycles. The summed E-state index contributed by atoms with van der Waals surface area (Å²) in [5, 5.41) is 10.9. The van der Waals surface area contributed by atoms with Crippen LogP contribution in [0.25, 0.3) is 0 Å². The van der Waals surface area contributed by atoms with Crippen molar-refractivity contribution in [2.75, 3.05) is 4.90 Å². The van der Waals surface area contributed by atoms with Crippen molar-refractivity contribution in [3.8, 4) is 0 Å². The molecule has 1 N–H and O–H groups in total. The van der Waals surface area contributed by atoms with E-state index in [4.69, 9.17) is 0 Å². The van der Waals surface area contributed by atoms with Crippen molar-refractivity contribution in [2.24, 2.45) is 0 Å². The fourth-order valence-electron chi connectivity index (χ4n) is 2.14. The van der Waals surface area contributed by atoms with Crippen molar-refractivity contribution in [1.82, 2.24) is 0 Å². The first kappa shape index (κ1) is 16.2. The molecule has 1 heterocycles. The Kier molecular flexibility index (Phi) is 4.61. The van der Waals surface area contributed by atoms with Gasteiger partial charge in [-0.05, 0) is 49.9 Å². The quantitative estimate of drug-likeness (QED) is 0.927. The SMILES string of the molecule is Cc1ccc(C(=O)N(c2ccsc2C(=O)O)C(C)C)cc1F. The van der Waals surface area contributed by atoms with Crippen LogP contribution in [-0.4, -0.2) is 23.0 Å². The molecule has 0 aliphatic heterocycles. The Morgan fingerprint density at radius 3 is 2.50 bits per heavy atom. The van der Waals surface area contributed by atoms with Gasteiger partial charge in [0.15, 0.2) is 0 Å². The van der Waals surface area contributed by atoms with Crippen LogP contribution in [0.4, 0.5) is 10.1 Å². The number of thiophene rings is 1. The Morgan fingerprint density at radius 1 is 1.27 bits per heavy atom. The first-order chi connectivity index (χ1) is 10.3. The van der Waals surface area contributed by atoms with Crippen LogP contribution in [0.2, 0.25) is 0 Å². The second-order valence-electron chi connectivity index (χ2n) is 5.17. The van der Waals surface area contributed by atoms with Crippen LogP contribution in [0.1, 0.15) is 39.4 Å². The van der Waals surface area contributed by atoms with Crippen LogP contribution in [0.5, 0.6) is 0 Å². The highest BCUT2D eigenvalue weighted by molar-refractivity contribution is 7.12. The van der Waals surface area contributed by atoms with Gasteiger partial charge in [-0.3, -0.25) is 4.79 Å². The standard InChI is InChI=1S/C16H16FNO3S/c1-9(2)18(13-6-7-22-14(13)16(20)21)15(19)11-5-4-10(3)12(17)8-11/h4-9H,1-3H3,(H,20,21). The van der Waals surface area contributed by atoms with Gasteiger partial charge in [0.25, 0.3) is 5.91 Å². The van der Waals surface area contributed by atoms with Crippen LogP contribution in [0.3, 0.4) is 0 Å². The van der Waals surface area contributed by atoms with Crippen LogP contribution in [0.15, 0.2) is 29.6 Å². The number of benzene rings is 1. The molecule has 2 rings (SSSR count). The highest BCUT2D eigenvalue weighted by Crippen LogP contribution is 2.29. The lowest BCUT2D eigenvalue weighted by molar-refractivity contribution is 0.0703. The molecule has 0 saturated carbocycles. The average Bonchev–Trinajstić information content (AvgIpc) is 2.90. The maximum absolute atomic E-state index is 13.7. The van der Waals surface area contributed by atoms with Crippen LogP contribution >= 0.6 is 11.3 Å². The Hall–Kier alpha value is -2.21. The smallest absolute Gasteiger partial charge is 0.348 e. The number of rotatable bonds is 4. The molecule has 0 unspecified atom stereocenters. The summed E-state index contributed by atoms with van der Waals surface area (Å²) in [4.78, 5) is 25.4. The number of aromatic carboxylic acids is 1. The minimum Gasteiger partial charge on any atom is -0.477 e. The van der Waals surface area contributed by atoms with Crippen molar-refractivity contribution in [2.45, 2.75) is 26.8 Å². The average molecular weight is 321 g/mol. The molecule has 116 valence electrons. The van der Waals surface area contributed by atoms with Gasteiger partial charge in [0.1, 0.15) is 10.7 Å². The number of halogens is 1. The summed E-state index contributed by atoms with van der Waals surface area (Å²) in [6, 6.07) is 5.59. The predicted octanol–water partition coefficient (Wildman–Crippen LogP) is 3.95. The van der Waals surface area contributed by atoms with Gasteiger partial charge < -0.3 is 10.0 Å². The van der Waals surface area contributed by atoms with Gasteiger partial charge in [0.2, 0.25) is 0 Å². The Morgan fingerprint density at radius 2 is 1.95 bits per heavy atom. The molecule has 0 radical (unpaired) electrons. The molecule has 0 saturated heterocycles. The third kappa shape index (κ3) is 3.01. The summed E-state index contributed by atoms with van der Waals surface area (Å²) in [5.74, 6) is -1.97. The van der Waals surface area contributed by atoms with E-state index in [9.17, 15) is 19.1 Å². The predicted molar refractivity (Wildman–Crippen MR) is 84.4 cm³/mol. The lowest BCUT2D eigenvalue weighted by Crippen LogP contribution is -2.37. The van der Waals surface area contributed by atoms with Gasteiger partial charge in [-0.15, -0.1) is 11.3 Å². The van der Waals surface area contributed by atoms with Crippen LogP contribution in [-0.2, 0) is 0 Å². The second kappa shape index (κ2) is 6.27. The van der Waals surface area contributed by atoms with Crippen molar-refractivity contribution in [1.29, 1.82) is 0 Å². The summed E-state index contributed by atoms with van der Waals surface area (Å²) in [5.41, 5.74) is 0.979. The number of amides is 1. The molecule has 1 amide bonds. The zero-order valence-corrected chi connectivity index (χ0v) is 13.3. The maximum atomic E-state index is 13.7. The topological polar surface area (TPSA) is 57.6 Å². The van der Waals surface area contributed by atoms with Crippen molar-refractivity contribution in [3.05, 3.63) is 51.5 Å². The third-order valence-electron chi connectivity index (χ3n) is 3.25. The molecule has 0 spiro atoms. The first-order valence-electron chi connectivity index (χ1n) is 6.73. The summed E-state index contributed by atoms with van der Waals surface area (Å²) >= 11 is 1.05. The van der Waals surface area contributed by atoms with Gasteiger partial charge in [-0.1, -0.05) is 6.07 Å². The molecule has 4 nitrogen and oxygen atoms in total. The van der Waals surface area contributed by atoms with Crippen LogP contribution in [0, 0.1) is 12.7 Å². The zero-order valence-electron chi connectivity index (χ0n) is 12.5. The third-order valence-corrected chi connectivity index (χ3v) is 4.14. The summed E-state index contributed by atoms with van der Waals surface area (Å²) in [7, 11) is 0. The Bertz CT molecular complexity index is 724. The summed E-state index contributed by atoms with van der Waals surface area (Å²) in [6.45, 7) is 5.18. The molecule has 0 bridgehead atoms. The van der Waals surface area contributed by atoms with Crippen molar-refractivity contribution in [3.63, 3.8) is 0 Å². The van der Waals surface area contributed by atoms with Gasteiger partial charge in [-0.2, -0.15) is 0 Å². The lowest BCUT2D eigenvalue weighted by Gasteiger charge is -2.26. The number of carboxylic acid groups (broad SMARTS) is 1. The van der Waals surface area contributed by atoms with E-state index in [1.807, 2.05) is 0 Å². The number of carboxylic acids is 1. The Balaban J connectivity index is 2.47. The fourth-order valence-corrected chi connectivity index (χ4v) is 2.86. The van der Waals surface area contributed by atoms with Gasteiger partial charge in [-0.25, -0.2) is 9.18 Å². The monoisotopic (exact) mass is 321 g/mol. The minimum absolute atomic E-state index is 0.0923. The fraction of sp³-hybridized carbons (Fsp3) is 0.250. The van der Waals surface area contributed by atoms with E-state index < -0.39 is 17.7 Å². The first-order valence-corrected chi connectivity index (χ1v) is 7.61. The number of nitrogens with zero attached hydrogens (tertiary/aromatic N) is 1. The molecule has 0 aliphatic rings. The van der Waals surface area contributed by atoms with Gasteiger partial charge >= 0.3 is 5.97 Å². The summed E-state index contributed by atoms with van der Waals surface area (Å²) < 4.78 is 13.7. The van der Waals surface area contributed by atoms with E-state index in [-0.39, 0.29) is 16.5 Å². The second-order valence-corrected chi connectivity index (χ2v) is 6.09. The number of anilines is 1. The van der Waals surface area contributed by atoms with E-state index in [1.165, 1.54) is 17.0 Å². The summed E-state index contributed by atoms with van der Waals surface area (Å²) in [6.07, 6.45) is 0. The highest BCUT2D eigenvalue weighted by atomic mass is 32.1. The number of carbonyl (C=O) groups is 2. The largest absolute Gasteiger partial charge is 0.477 e. The zero-order chi connectivity index (χ0) is 16.4. The highest BCUT2D eigenvalue weighted by Gasteiger charge is 2.26. The normalized spacial score (nSPS) is 10.8. The maximum Gasteiger partial charge on any atom is 0.348 e. The van der Waals surface area contributed by atoms with E-state index in [2.05, 4.69) is 0 Å². The van der Waals surface area contributed by atoms with Crippen LogP contribution < -0.4 is 4.90 Å². The molecule has 22 heavy (non-hydrogen) atoms. The molecular weight excluding hydrogens is 305 g/mol. The minimum atomic E-state index is -1.08. The van der Waals surface area contributed by atoms with Crippen molar-refractivity contribution < 1.29 is 19.1 Å². The molecule has 1 aromatic heterocycles. The van der Waals surface area contributed by atoms with E-state index in [0.29, 0.717) is 11.3 Å². The molecule has 0 aliphatic carbocycles. The molecular formula is C16H16FNO3S.